The third-order valence-corrected chi connectivity index (χ3v) is 10.8. The first-order chi connectivity index (χ1) is 14.7. The summed E-state index contributed by atoms with van der Waals surface area (Å²) >= 11 is 0. The smallest absolute Gasteiger partial charge is 0.185 e. The van der Waals surface area contributed by atoms with Gasteiger partial charge in [-0.2, -0.15) is 0 Å². The maximum Gasteiger partial charge on any atom is 0.185 e. The first kappa shape index (κ1) is 26.9. The summed E-state index contributed by atoms with van der Waals surface area (Å²) in [7, 11) is -1.51. The second kappa shape index (κ2) is 14.0. The van der Waals surface area contributed by atoms with Crippen LogP contribution in [0.25, 0.3) is 0 Å². The predicted octanol–water partition coefficient (Wildman–Crippen LogP) is 4.82. The van der Waals surface area contributed by atoms with E-state index < -0.39 is 8.07 Å². The number of rotatable bonds is 5. The van der Waals surface area contributed by atoms with Crippen LogP contribution in [0.2, 0.25) is 18.1 Å². The Bertz CT molecular complexity index is 643. The molecular formula is C25H35CoO4Si. The van der Waals surface area contributed by atoms with Gasteiger partial charge in [-0.15, -0.1) is 5.54 Å². The maximum atomic E-state index is 5.80. The van der Waals surface area contributed by atoms with Crippen molar-refractivity contribution in [1.82, 2.24) is 0 Å². The van der Waals surface area contributed by atoms with Gasteiger partial charge in [0.05, 0.1) is 26.4 Å². The fourth-order valence-electron chi connectivity index (χ4n) is 3.78. The molecule has 0 aromatic rings. The van der Waals surface area contributed by atoms with E-state index >= 15 is 0 Å². The van der Waals surface area contributed by atoms with Gasteiger partial charge in [0.2, 0.25) is 0 Å². The van der Waals surface area contributed by atoms with Crippen molar-refractivity contribution < 1.29 is 35.7 Å². The molecule has 2 heterocycles. The molecule has 2 saturated heterocycles. The predicted molar refractivity (Wildman–Crippen MR) is 122 cm³/mol. The molecule has 1 saturated carbocycles. The molecule has 0 atom stereocenters. The zero-order valence-corrected chi connectivity index (χ0v) is 21.0. The van der Waals surface area contributed by atoms with Crippen LogP contribution in [0.1, 0.15) is 33.6 Å². The van der Waals surface area contributed by atoms with Gasteiger partial charge < -0.3 is 18.9 Å². The normalized spacial score (nSPS) is 22.4. The van der Waals surface area contributed by atoms with Gasteiger partial charge in [-0.25, -0.2) is 0 Å². The van der Waals surface area contributed by atoms with Gasteiger partial charge in [0.1, 0.15) is 8.07 Å². The molecule has 0 amide bonds. The zero-order valence-electron chi connectivity index (χ0n) is 18.9. The van der Waals surface area contributed by atoms with Gasteiger partial charge in [0.25, 0.3) is 0 Å². The van der Waals surface area contributed by atoms with Gasteiger partial charge in [0.15, 0.2) is 12.6 Å². The second-order valence-electron chi connectivity index (χ2n) is 7.84. The molecule has 172 valence electrons. The van der Waals surface area contributed by atoms with Crippen LogP contribution >= 0.6 is 0 Å². The molecule has 0 spiro atoms. The Kier molecular flexibility index (Phi) is 12.1. The van der Waals surface area contributed by atoms with E-state index in [1.165, 1.54) is 18.1 Å². The maximum absolute atomic E-state index is 5.80. The standard InChI is InChI=1S/C20H30O4Si.C5H5.Co/c1-4-25(5-2,6-3)14-9-16-17(19-21-10-7-11-22-19)15-18(16)20-23-12-8-13-24-20;1-2-4-5-3-1;/h15,19-20H,4-8,10-13H2,1-3H3;1-5H;. The summed E-state index contributed by atoms with van der Waals surface area (Å²) in [6.07, 6.45) is 13.4. The van der Waals surface area contributed by atoms with Crippen LogP contribution in [-0.4, -0.2) is 47.1 Å². The largest absolute Gasteiger partial charge is 0.348 e. The van der Waals surface area contributed by atoms with Crippen LogP contribution in [-0.2, 0) is 35.7 Å². The minimum Gasteiger partial charge on any atom is -0.348 e. The van der Waals surface area contributed by atoms with Gasteiger partial charge in [0, 0.05) is 33.5 Å². The fourth-order valence-corrected chi connectivity index (χ4v) is 6.20. The fraction of sp³-hybridized carbons (Fsp3) is 0.560. The van der Waals surface area contributed by atoms with Crippen LogP contribution in [0, 0.1) is 43.6 Å². The Hall–Kier alpha value is -0.397. The third kappa shape index (κ3) is 7.30. The Labute approximate surface area is 200 Å². The summed E-state index contributed by atoms with van der Waals surface area (Å²) in [5, 5.41) is 0. The molecule has 6 radical (unpaired) electrons. The molecule has 4 rings (SSSR count). The van der Waals surface area contributed by atoms with Crippen molar-refractivity contribution in [3.8, 4) is 11.5 Å². The number of hydrogen-bond donors (Lipinski definition) is 0. The number of ether oxygens (including phenoxy) is 4. The molecule has 0 aromatic heterocycles. The van der Waals surface area contributed by atoms with Gasteiger partial charge in [-0.1, -0.05) is 26.7 Å². The minimum atomic E-state index is -1.51. The molecule has 0 aromatic carbocycles. The van der Waals surface area contributed by atoms with E-state index in [0.29, 0.717) is 0 Å². The molecule has 2 aliphatic heterocycles. The monoisotopic (exact) mass is 486 g/mol. The minimum absolute atomic E-state index is 0. The van der Waals surface area contributed by atoms with Crippen molar-refractivity contribution in [2.24, 2.45) is 0 Å². The second-order valence-corrected chi connectivity index (χ2v) is 12.8. The van der Waals surface area contributed by atoms with E-state index in [2.05, 4.69) is 38.3 Å². The quantitative estimate of drug-likeness (QED) is 0.413. The number of hydrogen-bond acceptors (Lipinski definition) is 4. The first-order valence-electron chi connectivity index (χ1n) is 11.4. The molecule has 0 unspecified atom stereocenters. The molecule has 3 fully saturated rings. The molecule has 6 heteroatoms. The van der Waals surface area contributed by atoms with Gasteiger partial charge in [-0.05, 0) is 69.2 Å². The van der Waals surface area contributed by atoms with Crippen molar-refractivity contribution in [3.05, 3.63) is 54.9 Å². The Morgan fingerprint density at radius 3 is 1.68 bits per heavy atom. The molecule has 4 nitrogen and oxygen atoms in total. The van der Waals surface area contributed by atoms with E-state index in [1.54, 1.807) is 0 Å². The first-order valence-corrected chi connectivity index (χ1v) is 14.0. The van der Waals surface area contributed by atoms with Crippen molar-refractivity contribution in [2.75, 3.05) is 26.4 Å². The summed E-state index contributed by atoms with van der Waals surface area (Å²) < 4.78 is 23.2. The summed E-state index contributed by atoms with van der Waals surface area (Å²) in [6.45, 7) is 9.81. The van der Waals surface area contributed by atoms with Gasteiger partial charge >= 0.3 is 0 Å². The molecular weight excluding hydrogens is 451 g/mol. The van der Waals surface area contributed by atoms with E-state index in [4.69, 9.17) is 18.9 Å². The van der Waals surface area contributed by atoms with Crippen molar-refractivity contribution >= 4 is 8.07 Å². The Morgan fingerprint density at radius 2 is 1.23 bits per heavy atom. The van der Waals surface area contributed by atoms with Crippen molar-refractivity contribution in [1.29, 1.82) is 0 Å². The SMILES string of the molecule is CC[Si](C#CC1=C(C2OCCCO2)C=C1C1OCCCO1)(CC)CC.[CH]1[CH][CH][CH][CH]1.[Co]. The Balaban J connectivity index is 0.000000501. The molecule has 0 N–H and O–H groups in total. The third-order valence-electron chi connectivity index (χ3n) is 6.09. The van der Waals surface area contributed by atoms with E-state index in [1.807, 2.05) is 32.1 Å². The topological polar surface area (TPSA) is 36.9 Å². The van der Waals surface area contributed by atoms with Gasteiger partial charge in [-0.3, -0.25) is 0 Å². The summed E-state index contributed by atoms with van der Waals surface area (Å²) in [5.74, 6) is 3.51. The van der Waals surface area contributed by atoms with Crippen molar-refractivity contribution in [2.45, 2.75) is 64.3 Å². The summed E-state index contributed by atoms with van der Waals surface area (Å²) in [6, 6.07) is 3.59. The average molecular weight is 487 g/mol. The van der Waals surface area contributed by atoms with Crippen LogP contribution < -0.4 is 0 Å². The van der Waals surface area contributed by atoms with Crippen LogP contribution in [0.4, 0.5) is 0 Å². The van der Waals surface area contributed by atoms with E-state index in [0.717, 1.165) is 56.0 Å². The molecule has 2 aliphatic carbocycles. The van der Waals surface area contributed by atoms with E-state index in [9.17, 15) is 0 Å². The van der Waals surface area contributed by atoms with Crippen LogP contribution in [0.15, 0.2) is 22.8 Å². The molecule has 0 bridgehead atoms. The average Bonchev–Trinajstić information content (AvgIpc) is 3.38. The zero-order chi connectivity index (χ0) is 21.2. The Morgan fingerprint density at radius 1 is 0.774 bits per heavy atom. The molecule has 4 aliphatic rings. The van der Waals surface area contributed by atoms with Crippen LogP contribution in [0.3, 0.4) is 0 Å². The molecule has 31 heavy (non-hydrogen) atoms. The van der Waals surface area contributed by atoms with Crippen LogP contribution in [0.5, 0.6) is 0 Å². The summed E-state index contributed by atoms with van der Waals surface area (Å²) in [4.78, 5) is 0. The van der Waals surface area contributed by atoms with E-state index in [-0.39, 0.29) is 29.4 Å². The summed E-state index contributed by atoms with van der Waals surface area (Å²) in [5.41, 5.74) is 6.85. The van der Waals surface area contributed by atoms with Crippen molar-refractivity contribution in [3.63, 3.8) is 0 Å².